The summed E-state index contributed by atoms with van der Waals surface area (Å²) >= 11 is 3.06. The Bertz CT molecular complexity index is 1340. The van der Waals surface area contributed by atoms with Gasteiger partial charge in [-0.15, -0.1) is 23.1 Å². The lowest BCUT2D eigenvalue weighted by Crippen LogP contribution is -2.18. The molecule has 0 unspecified atom stereocenters. The Balaban J connectivity index is 1.25. The number of benzene rings is 1. The summed E-state index contributed by atoms with van der Waals surface area (Å²) in [5.74, 6) is 1.82. The van der Waals surface area contributed by atoms with Gasteiger partial charge in [0.1, 0.15) is 10.7 Å². The predicted molar refractivity (Wildman–Crippen MR) is 127 cm³/mol. The van der Waals surface area contributed by atoms with E-state index in [1.54, 1.807) is 11.3 Å². The number of imidazole rings is 1. The molecule has 0 spiro atoms. The van der Waals surface area contributed by atoms with E-state index in [9.17, 15) is 9.59 Å². The van der Waals surface area contributed by atoms with E-state index in [0.717, 1.165) is 53.5 Å². The third kappa shape index (κ3) is 3.87. The lowest BCUT2D eigenvalue weighted by molar-refractivity contribution is -0.113. The van der Waals surface area contributed by atoms with Crippen LogP contribution in [0, 0.1) is 0 Å². The van der Waals surface area contributed by atoms with E-state index < -0.39 is 0 Å². The van der Waals surface area contributed by atoms with Crippen LogP contribution >= 0.6 is 23.1 Å². The number of aromatic nitrogens is 4. The third-order valence-electron chi connectivity index (χ3n) is 5.45. The zero-order chi connectivity index (χ0) is 21.4. The molecule has 4 aromatic rings. The van der Waals surface area contributed by atoms with Crippen molar-refractivity contribution in [1.82, 2.24) is 19.5 Å². The van der Waals surface area contributed by atoms with Crippen LogP contribution in [0.15, 0.2) is 29.1 Å². The minimum Gasteiger partial charge on any atom is -0.310 e. The fourth-order valence-electron chi connectivity index (χ4n) is 4.14. The summed E-state index contributed by atoms with van der Waals surface area (Å²) in [5.41, 5.74) is 3.02. The van der Waals surface area contributed by atoms with Gasteiger partial charge in [-0.2, -0.15) is 0 Å². The highest BCUT2D eigenvalue weighted by Crippen LogP contribution is 2.34. The van der Waals surface area contributed by atoms with Gasteiger partial charge in [0.05, 0.1) is 27.9 Å². The number of hydrogen-bond acceptors (Lipinski definition) is 6. The van der Waals surface area contributed by atoms with Crippen LogP contribution in [0.3, 0.4) is 0 Å². The topological polar surface area (TPSA) is 92.7 Å². The first-order valence-electron chi connectivity index (χ1n) is 10.5. The number of anilines is 1. The predicted octanol–water partition coefficient (Wildman–Crippen LogP) is 4.10. The Hall–Kier alpha value is -2.65. The van der Waals surface area contributed by atoms with Gasteiger partial charge in [0.2, 0.25) is 11.9 Å². The van der Waals surface area contributed by atoms with Crippen LogP contribution in [0.2, 0.25) is 0 Å². The van der Waals surface area contributed by atoms with Crippen molar-refractivity contribution in [3.63, 3.8) is 0 Å². The molecule has 3 heterocycles. The lowest BCUT2D eigenvalue weighted by atomic mass is 10.2. The number of aryl methyl sites for hydroxylation is 3. The Morgan fingerprint density at radius 3 is 3.03 bits per heavy atom. The number of thioether (sulfide) groups is 1. The van der Waals surface area contributed by atoms with Crippen LogP contribution in [-0.4, -0.2) is 31.2 Å². The molecule has 2 N–H and O–H groups in total. The Kier molecular flexibility index (Phi) is 5.54. The molecule has 1 amide bonds. The first-order chi connectivity index (χ1) is 15.1. The highest BCUT2D eigenvalue weighted by molar-refractivity contribution is 7.99. The number of amides is 1. The number of fused-ring (bicyclic) bond motifs is 4. The number of hydrogen-bond donors (Lipinski definition) is 2. The van der Waals surface area contributed by atoms with Crippen LogP contribution in [0.25, 0.3) is 21.3 Å². The number of aromatic amines is 1. The number of thiophene rings is 1. The van der Waals surface area contributed by atoms with Gasteiger partial charge in [-0.25, -0.2) is 9.97 Å². The number of H-pyrrole nitrogens is 1. The summed E-state index contributed by atoms with van der Waals surface area (Å²) in [6.07, 6.45) is 4.08. The first-order valence-corrected chi connectivity index (χ1v) is 12.5. The molecule has 0 saturated carbocycles. The second kappa shape index (κ2) is 8.47. The van der Waals surface area contributed by atoms with Gasteiger partial charge in [-0.05, 0) is 43.4 Å². The maximum Gasteiger partial charge on any atom is 0.259 e. The van der Waals surface area contributed by atoms with Crippen LogP contribution in [0.4, 0.5) is 5.95 Å². The summed E-state index contributed by atoms with van der Waals surface area (Å²) in [5, 5.41) is 3.70. The molecule has 31 heavy (non-hydrogen) atoms. The van der Waals surface area contributed by atoms with Crippen LogP contribution in [-0.2, 0) is 29.9 Å². The van der Waals surface area contributed by atoms with E-state index in [1.807, 2.05) is 28.8 Å². The molecule has 3 aromatic heterocycles. The van der Waals surface area contributed by atoms with Crippen LogP contribution < -0.4 is 10.9 Å². The number of nitrogens with one attached hydrogen (secondary N) is 2. The number of para-hydroxylation sites is 2. The van der Waals surface area contributed by atoms with Crippen molar-refractivity contribution in [2.45, 2.75) is 44.9 Å². The van der Waals surface area contributed by atoms with E-state index in [-0.39, 0.29) is 17.2 Å². The summed E-state index contributed by atoms with van der Waals surface area (Å²) in [6, 6.07) is 7.88. The summed E-state index contributed by atoms with van der Waals surface area (Å²) < 4.78 is 2.04. The minimum absolute atomic E-state index is 0.0577. The molecule has 5 rings (SSSR count). The smallest absolute Gasteiger partial charge is 0.259 e. The highest BCUT2D eigenvalue weighted by atomic mass is 32.2. The van der Waals surface area contributed by atoms with Crippen molar-refractivity contribution in [3.05, 3.63) is 50.9 Å². The fourth-order valence-corrected chi connectivity index (χ4v) is 6.11. The summed E-state index contributed by atoms with van der Waals surface area (Å²) in [6.45, 7) is 2.89. The van der Waals surface area contributed by atoms with E-state index >= 15 is 0 Å². The second-order valence-corrected chi connectivity index (χ2v) is 9.74. The van der Waals surface area contributed by atoms with Crippen molar-refractivity contribution < 1.29 is 4.79 Å². The van der Waals surface area contributed by atoms with E-state index in [1.165, 1.54) is 22.2 Å². The molecule has 9 heteroatoms. The Morgan fingerprint density at radius 1 is 1.29 bits per heavy atom. The highest BCUT2D eigenvalue weighted by Gasteiger charge is 2.21. The van der Waals surface area contributed by atoms with E-state index in [2.05, 4.69) is 27.2 Å². The van der Waals surface area contributed by atoms with Gasteiger partial charge >= 0.3 is 0 Å². The Morgan fingerprint density at radius 2 is 2.16 bits per heavy atom. The maximum absolute atomic E-state index is 12.6. The number of nitrogens with zero attached hydrogens (tertiary/aromatic N) is 3. The van der Waals surface area contributed by atoms with Crippen molar-refractivity contribution in [3.8, 4) is 0 Å². The molecule has 7 nitrogen and oxygen atoms in total. The van der Waals surface area contributed by atoms with Gasteiger partial charge < -0.3 is 9.55 Å². The maximum atomic E-state index is 12.6. The quantitative estimate of drug-likeness (QED) is 0.439. The first kappa shape index (κ1) is 20.3. The summed E-state index contributed by atoms with van der Waals surface area (Å²) in [7, 11) is 0. The van der Waals surface area contributed by atoms with Crippen molar-refractivity contribution >= 4 is 56.2 Å². The standard InChI is InChI=1S/C22H23N5O2S2/c1-2-10-27-15-8-4-3-7-14(15)23-22(27)26-18(28)12-30-11-17-24-20(29)19-13-6-5-9-16(13)31-21(19)25-17/h3-4,7-8H,2,5-6,9-12H2,1H3,(H,23,26,28)(H,24,25,29). The van der Waals surface area contributed by atoms with Gasteiger partial charge in [0, 0.05) is 11.4 Å². The molecular weight excluding hydrogens is 430 g/mol. The minimum atomic E-state index is -0.115. The monoisotopic (exact) mass is 453 g/mol. The molecule has 0 saturated heterocycles. The fraction of sp³-hybridized carbons (Fsp3) is 0.364. The lowest BCUT2D eigenvalue weighted by Gasteiger charge is -2.09. The SMILES string of the molecule is CCCn1c(NC(=O)CSCc2nc3sc4c(c3c(=O)[nH]2)CCC4)nc2ccccc21. The zero-order valence-corrected chi connectivity index (χ0v) is 18.9. The van der Waals surface area contributed by atoms with Gasteiger partial charge in [-0.3, -0.25) is 14.9 Å². The average molecular weight is 454 g/mol. The number of carbonyl (C=O) groups is 1. The largest absolute Gasteiger partial charge is 0.310 e. The van der Waals surface area contributed by atoms with Gasteiger partial charge in [0.15, 0.2) is 0 Å². The van der Waals surface area contributed by atoms with Crippen LogP contribution in [0.5, 0.6) is 0 Å². The molecule has 0 radical (unpaired) electrons. The zero-order valence-electron chi connectivity index (χ0n) is 17.2. The second-order valence-electron chi connectivity index (χ2n) is 7.67. The molecule has 1 aliphatic rings. The normalized spacial score (nSPS) is 13.2. The molecule has 0 atom stereocenters. The third-order valence-corrected chi connectivity index (χ3v) is 7.58. The van der Waals surface area contributed by atoms with Gasteiger partial charge in [0.25, 0.3) is 5.56 Å². The average Bonchev–Trinajstić information content (AvgIpc) is 3.42. The molecule has 160 valence electrons. The molecule has 0 fully saturated rings. The van der Waals surface area contributed by atoms with Crippen molar-refractivity contribution in [2.24, 2.45) is 0 Å². The molecule has 1 aromatic carbocycles. The molecule has 0 aliphatic heterocycles. The molecule has 1 aliphatic carbocycles. The Labute approximate surface area is 187 Å². The van der Waals surface area contributed by atoms with Gasteiger partial charge in [-0.1, -0.05) is 19.1 Å². The molecule has 0 bridgehead atoms. The number of rotatable bonds is 7. The molecular formula is C22H23N5O2S2. The van der Waals surface area contributed by atoms with E-state index in [0.29, 0.717) is 17.5 Å². The number of carbonyl (C=O) groups excluding carboxylic acids is 1. The van der Waals surface area contributed by atoms with Crippen molar-refractivity contribution in [2.75, 3.05) is 11.1 Å². The van der Waals surface area contributed by atoms with Crippen LogP contribution in [0.1, 0.15) is 36.0 Å². The summed E-state index contributed by atoms with van der Waals surface area (Å²) in [4.78, 5) is 39.3. The van der Waals surface area contributed by atoms with Crippen molar-refractivity contribution in [1.29, 1.82) is 0 Å². The van der Waals surface area contributed by atoms with E-state index in [4.69, 9.17) is 0 Å².